The first kappa shape index (κ1) is 12.1. The number of rotatable bonds is 4. The minimum absolute atomic E-state index is 0.603. The van der Waals surface area contributed by atoms with Crippen molar-refractivity contribution in [3.8, 4) is 0 Å². The van der Waals surface area contributed by atoms with Gasteiger partial charge < -0.3 is 10.3 Å². The summed E-state index contributed by atoms with van der Waals surface area (Å²) in [5, 5.41) is 2.59. The van der Waals surface area contributed by atoms with Crippen molar-refractivity contribution in [1.29, 1.82) is 0 Å². The first-order valence-electron chi connectivity index (χ1n) is 6.28. The molecule has 0 aliphatic heterocycles. The fourth-order valence-corrected chi connectivity index (χ4v) is 2.73. The summed E-state index contributed by atoms with van der Waals surface area (Å²) in [6.45, 7) is 3.07. The highest BCUT2D eigenvalue weighted by atomic mass is 32.1. The van der Waals surface area contributed by atoms with Gasteiger partial charge in [0.1, 0.15) is 11.3 Å². The molecule has 6 heteroatoms. The number of nitrogens with two attached hydrogens (primary N) is 1. The Morgan fingerprint density at radius 3 is 3.00 bits per heavy atom. The third kappa shape index (κ3) is 2.31. The summed E-state index contributed by atoms with van der Waals surface area (Å²) in [4.78, 5) is 13.4. The van der Waals surface area contributed by atoms with Crippen LogP contribution in [0, 0.1) is 0 Å². The second kappa shape index (κ2) is 4.97. The van der Waals surface area contributed by atoms with Crippen LogP contribution in [-0.2, 0) is 13.0 Å². The summed E-state index contributed by atoms with van der Waals surface area (Å²) >= 11 is 1.46. The van der Waals surface area contributed by atoms with Crippen molar-refractivity contribution < 1.29 is 0 Å². The van der Waals surface area contributed by atoms with E-state index in [9.17, 15) is 0 Å². The van der Waals surface area contributed by atoms with Crippen LogP contribution in [0.4, 0.5) is 5.13 Å². The fraction of sp³-hybridized carbons (Fsp3) is 0.308. The van der Waals surface area contributed by atoms with E-state index in [4.69, 9.17) is 5.73 Å². The molecule has 3 rings (SSSR count). The van der Waals surface area contributed by atoms with Gasteiger partial charge >= 0.3 is 0 Å². The van der Waals surface area contributed by atoms with E-state index >= 15 is 0 Å². The Kier molecular flexibility index (Phi) is 3.16. The molecular formula is C13H15N5S. The van der Waals surface area contributed by atoms with Crippen LogP contribution in [0.15, 0.2) is 23.7 Å². The Morgan fingerprint density at radius 2 is 2.26 bits per heavy atom. The molecule has 3 aromatic heterocycles. The molecule has 0 aliphatic rings. The van der Waals surface area contributed by atoms with Crippen molar-refractivity contribution in [2.75, 3.05) is 5.73 Å². The van der Waals surface area contributed by atoms with Crippen molar-refractivity contribution in [3.63, 3.8) is 0 Å². The molecule has 0 saturated heterocycles. The Balaban J connectivity index is 2.04. The normalized spacial score (nSPS) is 11.2. The van der Waals surface area contributed by atoms with Gasteiger partial charge in [-0.1, -0.05) is 6.92 Å². The maximum absolute atomic E-state index is 5.67. The van der Waals surface area contributed by atoms with Gasteiger partial charge in [-0.25, -0.2) is 15.0 Å². The summed E-state index contributed by atoms with van der Waals surface area (Å²) in [6.07, 6.45) is 3.55. The molecule has 0 radical (unpaired) electrons. The number of fused-ring (bicyclic) bond motifs is 1. The van der Waals surface area contributed by atoms with Crippen molar-refractivity contribution in [1.82, 2.24) is 19.5 Å². The molecule has 0 atom stereocenters. The Morgan fingerprint density at radius 1 is 1.37 bits per heavy atom. The van der Waals surface area contributed by atoms with Gasteiger partial charge in [0, 0.05) is 24.5 Å². The maximum atomic E-state index is 5.67. The largest absolute Gasteiger partial charge is 0.375 e. The molecule has 0 aromatic carbocycles. The smallest absolute Gasteiger partial charge is 0.180 e. The van der Waals surface area contributed by atoms with Crippen molar-refractivity contribution in [2.45, 2.75) is 26.3 Å². The van der Waals surface area contributed by atoms with E-state index < -0.39 is 0 Å². The SMILES string of the molecule is CCCn1c(Cc2csc(N)n2)nc2cccnc21. The van der Waals surface area contributed by atoms with Gasteiger partial charge in [0.25, 0.3) is 0 Å². The molecule has 0 bridgehead atoms. The Hall–Kier alpha value is -1.95. The molecule has 5 nitrogen and oxygen atoms in total. The van der Waals surface area contributed by atoms with Crippen LogP contribution < -0.4 is 5.73 Å². The van der Waals surface area contributed by atoms with E-state index in [-0.39, 0.29) is 0 Å². The fourth-order valence-electron chi connectivity index (χ4n) is 2.16. The highest BCUT2D eigenvalue weighted by Crippen LogP contribution is 2.19. The van der Waals surface area contributed by atoms with E-state index in [0.29, 0.717) is 11.6 Å². The molecule has 0 aliphatic carbocycles. The van der Waals surface area contributed by atoms with E-state index in [1.54, 1.807) is 6.20 Å². The quantitative estimate of drug-likeness (QED) is 0.792. The number of nitrogens with zero attached hydrogens (tertiary/aromatic N) is 4. The van der Waals surface area contributed by atoms with Crippen LogP contribution in [-0.4, -0.2) is 19.5 Å². The number of thiazole rings is 1. The van der Waals surface area contributed by atoms with Gasteiger partial charge in [-0.3, -0.25) is 0 Å². The molecule has 0 spiro atoms. The third-order valence-electron chi connectivity index (χ3n) is 2.94. The molecule has 98 valence electrons. The molecule has 19 heavy (non-hydrogen) atoms. The van der Waals surface area contributed by atoms with Gasteiger partial charge in [0.05, 0.1) is 5.69 Å². The number of aromatic nitrogens is 4. The highest BCUT2D eigenvalue weighted by molar-refractivity contribution is 7.13. The number of hydrogen-bond donors (Lipinski definition) is 1. The van der Waals surface area contributed by atoms with Gasteiger partial charge in [0.2, 0.25) is 0 Å². The zero-order valence-corrected chi connectivity index (χ0v) is 11.5. The molecule has 0 amide bonds. The summed E-state index contributed by atoms with van der Waals surface area (Å²) < 4.78 is 2.17. The first-order chi connectivity index (χ1) is 9.28. The van der Waals surface area contributed by atoms with Gasteiger partial charge in [-0.2, -0.15) is 0 Å². The number of hydrogen-bond acceptors (Lipinski definition) is 5. The lowest BCUT2D eigenvalue weighted by Gasteiger charge is -2.05. The van der Waals surface area contributed by atoms with Crippen molar-refractivity contribution in [2.24, 2.45) is 0 Å². The average molecular weight is 273 g/mol. The predicted molar refractivity (Wildman–Crippen MR) is 77.2 cm³/mol. The Labute approximate surface area is 115 Å². The summed E-state index contributed by atoms with van der Waals surface area (Å²) in [7, 11) is 0. The van der Waals surface area contributed by atoms with E-state index in [2.05, 4.69) is 26.4 Å². The van der Waals surface area contributed by atoms with Crippen LogP contribution in [0.25, 0.3) is 11.2 Å². The first-order valence-corrected chi connectivity index (χ1v) is 7.16. The zero-order chi connectivity index (χ0) is 13.2. The van der Waals surface area contributed by atoms with E-state index in [0.717, 1.165) is 35.6 Å². The number of anilines is 1. The second-order valence-electron chi connectivity index (χ2n) is 4.38. The number of nitrogen functional groups attached to an aromatic ring is 1. The molecule has 3 heterocycles. The Bertz CT molecular complexity index is 700. The zero-order valence-electron chi connectivity index (χ0n) is 10.7. The third-order valence-corrected chi connectivity index (χ3v) is 3.66. The molecule has 2 N–H and O–H groups in total. The minimum Gasteiger partial charge on any atom is -0.375 e. The van der Waals surface area contributed by atoms with E-state index in [1.807, 2.05) is 17.5 Å². The number of aryl methyl sites for hydroxylation is 1. The van der Waals surface area contributed by atoms with Crippen LogP contribution in [0.1, 0.15) is 24.9 Å². The number of pyridine rings is 1. The monoisotopic (exact) mass is 273 g/mol. The van der Waals surface area contributed by atoms with Crippen LogP contribution >= 0.6 is 11.3 Å². The lowest BCUT2D eigenvalue weighted by atomic mass is 10.3. The van der Waals surface area contributed by atoms with E-state index in [1.165, 1.54) is 11.3 Å². The standard InChI is InChI=1S/C13H15N5S/c1-2-6-18-11(7-9-8-19-13(14)16-9)17-10-4-3-5-15-12(10)18/h3-5,8H,2,6-7H2,1H3,(H2,14,16). The predicted octanol–water partition coefficient (Wildman–Crippen LogP) is 2.47. The summed E-state index contributed by atoms with van der Waals surface area (Å²) in [5.74, 6) is 1.00. The van der Waals surface area contributed by atoms with Crippen LogP contribution in [0.2, 0.25) is 0 Å². The van der Waals surface area contributed by atoms with Crippen molar-refractivity contribution in [3.05, 3.63) is 35.2 Å². The topological polar surface area (TPSA) is 69.6 Å². The van der Waals surface area contributed by atoms with Gasteiger partial charge in [0.15, 0.2) is 10.8 Å². The minimum atomic E-state index is 0.603. The summed E-state index contributed by atoms with van der Waals surface area (Å²) in [5.41, 5.74) is 8.53. The van der Waals surface area contributed by atoms with Gasteiger partial charge in [-0.05, 0) is 18.6 Å². The molecule has 3 aromatic rings. The molecule has 0 fully saturated rings. The molecular weight excluding hydrogens is 258 g/mol. The van der Waals surface area contributed by atoms with Crippen LogP contribution in [0.3, 0.4) is 0 Å². The summed E-state index contributed by atoms with van der Waals surface area (Å²) in [6, 6.07) is 3.91. The maximum Gasteiger partial charge on any atom is 0.180 e. The molecule has 0 unspecified atom stereocenters. The lowest BCUT2D eigenvalue weighted by Crippen LogP contribution is -2.05. The average Bonchev–Trinajstić information content (AvgIpc) is 2.96. The highest BCUT2D eigenvalue weighted by Gasteiger charge is 2.12. The van der Waals surface area contributed by atoms with Gasteiger partial charge in [-0.15, -0.1) is 11.3 Å². The lowest BCUT2D eigenvalue weighted by molar-refractivity contribution is 0.657. The second-order valence-corrected chi connectivity index (χ2v) is 5.27. The molecule has 0 saturated carbocycles. The van der Waals surface area contributed by atoms with Crippen molar-refractivity contribution >= 4 is 27.6 Å². The number of imidazole rings is 1. The van der Waals surface area contributed by atoms with Crippen LogP contribution in [0.5, 0.6) is 0 Å².